The van der Waals surface area contributed by atoms with Gasteiger partial charge in [-0.15, -0.1) is 0 Å². The van der Waals surface area contributed by atoms with Gasteiger partial charge in [0.15, 0.2) is 24.5 Å². The van der Waals surface area contributed by atoms with Crippen molar-refractivity contribution in [3.8, 4) is 0 Å². The molecule has 0 radical (unpaired) electrons. The van der Waals surface area contributed by atoms with Crippen LogP contribution in [0.1, 0.15) is 39.7 Å². The molecule has 166 valence electrons. The number of ether oxygens (including phenoxy) is 5. The monoisotopic (exact) mass is 491 g/mol. The van der Waals surface area contributed by atoms with Crippen LogP contribution in [0, 0.1) is 0 Å². The highest BCUT2D eigenvalue weighted by molar-refractivity contribution is 9.08. The van der Waals surface area contributed by atoms with Crippen LogP contribution in [0.4, 0.5) is 0 Å². The number of esters is 4. The lowest BCUT2D eigenvalue weighted by Gasteiger charge is -2.44. The number of hydrogen-bond donors (Lipinski definition) is 0. The van der Waals surface area contributed by atoms with E-state index < -0.39 is 54.5 Å². The normalized spacial score (nSPS) is 25.8. The van der Waals surface area contributed by atoms with Crippen LogP contribution in [0.25, 0.3) is 0 Å². The summed E-state index contributed by atoms with van der Waals surface area (Å²) in [4.78, 5) is 50.7. The third-order valence-electron chi connectivity index (χ3n) is 3.97. The fourth-order valence-corrected chi connectivity index (χ4v) is 3.39. The molecule has 1 saturated heterocycles. The predicted molar refractivity (Wildman–Crippen MR) is 99.9 cm³/mol. The van der Waals surface area contributed by atoms with E-state index in [4.69, 9.17) is 23.7 Å². The summed E-state index contributed by atoms with van der Waals surface area (Å²) in [5.41, 5.74) is 0. The van der Waals surface area contributed by atoms with Gasteiger partial charge in [-0.25, -0.2) is 9.67 Å². The molecule has 0 N–H and O–H groups in total. The number of hydrogen-bond acceptors (Lipinski definition) is 11. The second-order valence-electron chi connectivity index (χ2n) is 6.34. The lowest BCUT2D eigenvalue weighted by Crippen LogP contribution is -2.60. The molecule has 5 atom stereocenters. The minimum atomic E-state index is -1.26. The summed E-state index contributed by atoms with van der Waals surface area (Å²) in [5.74, 6) is -2.26. The quantitative estimate of drug-likeness (QED) is 0.297. The van der Waals surface area contributed by atoms with Crippen molar-refractivity contribution in [3.63, 3.8) is 0 Å². The van der Waals surface area contributed by atoms with E-state index in [2.05, 4.69) is 26.0 Å². The van der Waals surface area contributed by atoms with Gasteiger partial charge in [-0.2, -0.15) is 5.10 Å². The molecule has 12 nitrogen and oxygen atoms in total. The Morgan fingerprint density at radius 1 is 0.967 bits per heavy atom. The SMILES string of the molecule is CC(=O)OC[C@H]1O[C@@H](n2ncnc2CBr)[C@H](OC(C)=O)[C@@H](OC(C)=O)[C@@H]1OC(C)=O. The molecule has 13 heteroatoms. The van der Waals surface area contributed by atoms with Crippen molar-refractivity contribution >= 4 is 39.8 Å². The Bertz CT molecular complexity index is 799. The molecule has 0 spiro atoms. The Morgan fingerprint density at radius 2 is 1.53 bits per heavy atom. The van der Waals surface area contributed by atoms with Crippen LogP contribution in [0.5, 0.6) is 0 Å². The average Bonchev–Trinajstić information content (AvgIpc) is 3.10. The summed E-state index contributed by atoms with van der Waals surface area (Å²) in [6, 6.07) is 0. The van der Waals surface area contributed by atoms with Crippen molar-refractivity contribution in [1.82, 2.24) is 14.8 Å². The zero-order valence-electron chi connectivity index (χ0n) is 16.8. The third-order valence-corrected chi connectivity index (χ3v) is 4.48. The second kappa shape index (κ2) is 10.5. The van der Waals surface area contributed by atoms with Crippen LogP contribution in [0.15, 0.2) is 6.33 Å². The maximum atomic E-state index is 11.8. The minimum absolute atomic E-state index is 0.292. The van der Waals surface area contributed by atoms with Gasteiger partial charge in [-0.1, -0.05) is 15.9 Å². The maximum Gasteiger partial charge on any atom is 0.303 e. The lowest BCUT2D eigenvalue weighted by molar-refractivity contribution is -0.270. The first kappa shape index (κ1) is 23.7. The standard InChI is InChI=1S/C17H22BrN3O9/c1-8(22)26-6-12-14(27-9(2)23)15(28-10(3)24)16(29-11(4)25)17(30-12)21-13(5-18)19-7-20-21/h7,12,14-17H,5-6H2,1-4H3/t12-,14-,15+,16-,17-/m1/s1. The summed E-state index contributed by atoms with van der Waals surface area (Å²) >= 11 is 3.28. The molecular weight excluding hydrogens is 470 g/mol. The Labute approximate surface area is 180 Å². The number of alkyl halides is 1. The highest BCUT2D eigenvalue weighted by atomic mass is 79.9. The first-order valence-corrected chi connectivity index (χ1v) is 10.0. The molecular formula is C17H22BrN3O9. The molecule has 1 aromatic rings. The molecule has 30 heavy (non-hydrogen) atoms. The summed E-state index contributed by atoms with van der Waals surface area (Å²) in [6.45, 7) is 4.36. The van der Waals surface area contributed by atoms with Crippen molar-refractivity contribution in [1.29, 1.82) is 0 Å². The van der Waals surface area contributed by atoms with Crippen LogP contribution in [-0.4, -0.2) is 69.7 Å². The molecule has 1 aromatic heterocycles. The van der Waals surface area contributed by atoms with Crippen LogP contribution >= 0.6 is 15.9 Å². The predicted octanol–water partition coefficient (Wildman–Crippen LogP) is 0.429. The van der Waals surface area contributed by atoms with Gasteiger partial charge >= 0.3 is 23.9 Å². The summed E-state index contributed by atoms with van der Waals surface area (Å²) in [5, 5.41) is 4.39. The van der Waals surface area contributed by atoms with Crippen molar-refractivity contribution in [2.45, 2.75) is 63.7 Å². The first-order chi connectivity index (χ1) is 14.1. The zero-order chi connectivity index (χ0) is 22.4. The largest absolute Gasteiger partial charge is 0.463 e. The van der Waals surface area contributed by atoms with E-state index in [9.17, 15) is 19.2 Å². The van der Waals surface area contributed by atoms with E-state index in [0.717, 1.165) is 13.8 Å². The second-order valence-corrected chi connectivity index (χ2v) is 6.91. The number of nitrogens with zero attached hydrogens (tertiary/aromatic N) is 3. The zero-order valence-corrected chi connectivity index (χ0v) is 18.4. The summed E-state index contributed by atoms with van der Waals surface area (Å²) in [6.07, 6.45) is -4.61. The van der Waals surface area contributed by atoms with E-state index in [1.54, 1.807) is 0 Å². The van der Waals surface area contributed by atoms with E-state index in [1.807, 2.05) is 0 Å². The molecule has 1 aliphatic heterocycles. The van der Waals surface area contributed by atoms with Crippen molar-refractivity contribution in [3.05, 3.63) is 12.2 Å². The number of carbonyl (C=O) groups is 4. The highest BCUT2D eigenvalue weighted by Crippen LogP contribution is 2.35. The first-order valence-electron chi connectivity index (χ1n) is 8.88. The maximum absolute atomic E-state index is 11.8. The molecule has 0 unspecified atom stereocenters. The van der Waals surface area contributed by atoms with E-state index >= 15 is 0 Å². The number of carbonyl (C=O) groups excluding carboxylic acids is 4. The summed E-state index contributed by atoms with van der Waals surface area (Å²) < 4.78 is 28.4. The number of aromatic nitrogens is 3. The smallest absolute Gasteiger partial charge is 0.303 e. The molecule has 2 heterocycles. The minimum Gasteiger partial charge on any atom is -0.463 e. The van der Waals surface area contributed by atoms with Crippen LogP contribution < -0.4 is 0 Å². The van der Waals surface area contributed by atoms with Gasteiger partial charge in [-0.05, 0) is 0 Å². The average molecular weight is 492 g/mol. The molecule has 0 aromatic carbocycles. The van der Waals surface area contributed by atoms with Crippen LogP contribution in [0.3, 0.4) is 0 Å². The van der Waals surface area contributed by atoms with Gasteiger partial charge in [0.1, 0.15) is 24.9 Å². The van der Waals surface area contributed by atoms with Gasteiger partial charge < -0.3 is 23.7 Å². The molecule has 0 bridgehead atoms. The number of rotatable bonds is 7. The van der Waals surface area contributed by atoms with Crippen molar-refractivity contribution in [2.75, 3.05) is 6.61 Å². The van der Waals surface area contributed by atoms with Gasteiger partial charge in [0, 0.05) is 27.7 Å². The van der Waals surface area contributed by atoms with E-state index in [0.29, 0.717) is 11.2 Å². The summed E-state index contributed by atoms with van der Waals surface area (Å²) in [7, 11) is 0. The third kappa shape index (κ3) is 5.98. The topological polar surface area (TPSA) is 145 Å². The van der Waals surface area contributed by atoms with Crippen LogP contribution in [-0.2, 0) is 48.2 Å². The lowest BCUT2D eigenvalue weighted by atomic mass is 9.97. The highest BCUT2D eigenvalue weighted by Gasteiger charge is 2.53. The molecule has 1 fully saturated rings. The molecule has 0 amide bonds. The number of halogens is 1. The van der Waals surface area contributed by atoms with Crippen molar-refractivity contribution in [2.24, 2.45) is 0 Å². The Morgan fingerprint density at radius 3 is 2.07 bits per heavy atom. The fraction of sp³-hybridized carbons (Fsp3) is 0.647. The van der Waals surface area contributed by atoms with E-state index in [-0.39, 0.29) is 6.61 Å². The van der Waals surface area contributed by atoms with Crippen molar-refractivity contribution < 1.29 is 42.9 Å². The molecule has 0 saturated carbocycles. The Hall–Kier alpha value is -2.54. The Balaban J connectivity index is 2.53. The Kier molecular flexibility index (Phi) is 8.29. The van der Waals surface area contributed by atoms with Gasteiger partial charge in [-0.3, -0.25) is 19.2 Å². The van der Waals surface area contributed by atoms with Crippen LogP contribution in [0.2, 0.25) is 0 Å². The van der Waals surface area contributed by atoms with Gasteiger partial charge in [0.05, 0.1) is 5.33 Å². The molecule has 1 aliphatic rings. The van der Waals surface area contributed by atoms with Gasteiger partial charge in [0.2, 0.25) is 0 Å². The molecule has 2 rings (SSSR count). The molecule has 0 aliphatic carbocycles. The van der Waals surface area contributed by atoms with E-state index in [1.165, 1.54) is 24.9 Å². The fourth-order valence-electron chi connectivity index (χ4n) is 2.98. The van der Waals surface area contributed by atoms with Gasteiger partial charge in [0.25, 0.3) is 0 Å².